The van der Waals surface area contributed by atoms with Gasteiger partial charge in [-0.25, -0.2) is 4.98 Å². The van der Waals surface area contributed by atoms with Gasteiger partial charge in [-0.15, -0.1) is 11.8 Å². The van der Waals surface area contributed by atoms with Gasteiger partial charge in [-0.2, -0.15) is 13.2 Å². The lowest BCUT2D eigenvalue weighted by Gasteiger charge is -2.15. The largest absolute Gasteiger partial charge is 0.416 e. The average Bonchev–Trinajstić information content (AvgIpc) is 2.66. The van der Waals surface area contributed by atoms with E-state index < -0.39 is 11.7 Å². The number of nitrogens with one attached hydrogen (secondary N) is 1. The van der Waals surface area contributed by atoms with E-state index in [1.165, 1.54) is 17.8 Å². The summed E-state index contributed by atoms with van der Waals surface area (Å²) in [6, 6.07) is 11.3. The number of carbonyl (C=O) groups excluding carboxylic acids is 1. The first-order chi connectivity index (χ1) is 13.7. The SMILES string of the molecule is CCSc1nc2cc(C(F)(F)F)ccc2c(C)c1C(=O)NCc1ccc(C)cc1. The van der Waals surface area contributed by atoms with Crippen LogP contribution < -0.4 is 5.32 Å². The highest BCUT2D eigenvalue weighted by Crippen LogP contribution is 2.34. The molecule has 29 heavy (non-hydrogen) atoms. The number of aromatic nitrogens is 1. The average molecular weight is 418 g/mol. The second-order valence-electron chi connectivity index (χ2n) is 6.75. The van der Waals surface area contributed by atoms with Gasteiger partial charge in [-0.1, -0.05) is 42.8 Å². The first-order valence-electron chi connectivity index (χ1n) is 9.18. The number of pyridine rings is 1. The molecule has 3 nitrogen and oxygen atoms in total. The van der Waals surface area contributed by atoms with Gasteiger partial charge in [-0.3, -0.25) is 4.79 Å². The van der Waals surface area contributed by atoms with Gasteiger partial charge in [0.25, 0.3) is 5.91 Å². The number of thioether (sulfide) groups is 1. The van der Waals surface area contributed by atoms with Crippen molar-refractivity contribution in [1.82, 2.24) is 10.3 Å². The molecule has 1 heterocycles. The van der Waals surface area contributed by atoms with E-state index >= 15 is 0 Å². The molecule has 0 fully saturated rings. The van der Waals surface area contributed by atoms with E-state index in [4.69, 9.17) is 0 Å². The van der Waals surface area contributed by atoms with Gasteiger partial charge in [0.05, 0.1) is 16.6 Å². The van der Waals surface area contributed by atoms with Crippen LogP contribution in [0.3, 0.4) is 0 Å². The number of fused-ring (bicyclic) bond motifs is 1. The van der Waals surface area contributed by atoms with Gasteiger partial charge < -0.3 is 5.32 Å². The lowest BCUT2D eigenvalue weighted by atomic mass is 10.0. The number of hydrogen-bond acceptors (Lipinski definition) is 3. The van der Waals surface area contributed by atoms with Gasteiger partial charge in [0.1, 0.15) is 5.03 Å². The minimum atomic E-state index is -4.44. The maximum atomic E-state index is 13.1. The fourth-order valence-corrected chi connectivity index (χ4v) is 3.89. The number of carbonyl (C=O) groups is 1. The monoisotopic (exact) mass is 418 g/mol. The van der Waals surface area contributed by atoms with Gasteiger partial charge in [-0.05, 0) is 42.9 Å². The predicted octanol–water partition coefficient (Wildman–Crippen LogP) is 5.91. The number of alkyl halides is 3. The molecule has 0 unspecified atom stereocenters. The highest BCUT2D eigenvalue weighted by Gasteiger charge is 2.31. The van der Waals surface area contributed by atoms with Crippen LogP contribution in [-0.2, 0) is 12.7 Å². The van der Waals surface area contributed by atoms with E-state index in [2.05, 4.69) is 10.3 Å². The van der Waals surface area contributed by atoms with E-state index in [1.807, 2.05) is 38.1 Å². The third kappa shape index (κ3) is 4.72. The normalized spacial score (nSPS) is 11.7. The molecule has 3 aromatic rings. The first kappa shape index (κ1) is 21.2. The van der Waals surface area contributed by atoms with Crippen molar-refractivity contribution in [3.63, 3.8) is 0 Å². The molecule has 0 aliphatic heterocycles. The summed E-state index contributed by atoms with van der Waals surface area (Å²) in [5, 5.41) is 3.89. The molecule has 0 aliphatic carbocycles. The van der Waals surface area contributed by atoms with E-state index in [-0.39, 0.29) is 11.4 Å². The minimum absolute atomic E-state index is 0.239. The summed E-state index contributed by atoms with van der Waals surface area (Å²) < 4.78 is 39.2. The van der Waals surface area contributed by atoms with Crippen molar-refractivity contribution in [3.05, 3.63) is 70.3 Å². The van der Waals surface area contributed by atoms with E-state index in [1.54, 1.807) is 6.92 Å². The van der Waals surface area contributed by atoms with Crippen molar-refractivity contribution in [2.75, 3.05) is 5.75 Å². The van der Waals surface area contributed by atoms with Crippen LogP contribution >= 0.6 is 11.8 Å². The van der Waals surface area contributed by atoms with Crippen LogP contribution in [0.5, 0.6) is 0 Å². The van der Waals surface area contributed by atoms with Crippen LogP contribution in [0.15, 0.2) is 47.5 Å². The van der Waals surface area contributed by atoms with E-state index in [9.17, 15) is 18.0 Å². The van der Waals surface area contributed by atoms with Crippen LogP contribution in [0.1, 0.15) is 39.5 Å². The fraction of sp³-hybridized carbons (Fsp3) is 0.273. The molecule has 0 aliphatic rings. The summed E-state index contributed by atoms with van der Waals surface area (Å²) in [6.45, 7) is 6.01. The van der Waals surface area contributed by atoms with E-state index in [0.29, 0.717) is 33.8 Å². The zero-order valence-electron chi connectivity index (χ0n) is 16.4. The molecular formula is C22H21F3N2OS. The first-order valence-corrected chi connectivity index (χ1v) is 10.2. The number of hydrogen-bond donors (Lipinski definition) is 1. The van der Waals surface area contributed by atoms with Crippen LogP contribution in [-0.4, -0.2) is 16.6 Å². The molecule has 3 rings (SSSR count). The quantitative estimate of drug-likeness (QED) is 0.524. The third-order valence-corrected chi connectivity index (χ3v) is 5.48. The lowest BCUT2D eigenvalue weighted by Crippen LogP contribution is -2.25. The van der Waals surface area contributed by atoms with Crippen LogP contribution in [0.2, 0.25) is 0 Å². The summed E-state index contributed by atoms with van der Waals surface area (Å²) >= 11 is 1.34. The summed E-state index contributed by atoms with van der Waals surface area (Å²) in [4.78, 5) is 17.3. The molecule has 0 radical (unpaired) electrons. The highest BCUT2D eigenvalue weighted by atomic mass is 32.2. The Hall–Kier alpha value is -2.54. The summed E-state index contributed by atoms with van der Waals surface area (Å²) in [5.74, 6) is 0.364. The summed E-state index contributed by atoms with van der Waals surface area (Å²) in [7, 11) is 0. The molecular weight excluding hydrogens is 397 g/mol. The number of aryl methyl sites for hydroxylation is 2. The molecule has 152 valence electrons. The highest BCUT2D eigenvalue weighted by molar-refractivity contribution is 7.99. The minimum Gasteiger partial charge on any atom is -0.348 e. The Morgan fingerprint density at radius 2 is 1.79 bits per heavy atom. The van der Waals surface area contributed by atoms with Crippen LogP contribution in [0.4, 0.5) is 13.2 Å². The fourth-order valence-electron chi connectivity index (χ4n) is 3.06. The molecule has 0 saturated carbocycles. The number of halogens is 3. The summed E-state index contributed by atoms with van der Waals surface area (Å²) in [6.07, 6.45) is -4.44. The molecule has 0 spiro atoms. The number of amides is 1. The molecule has 1 aromatic heterocycles. The third-order valence-electron chi connectivity index (χ3n) is 4.62. The lowest BCUT2D eigenvalue weighted by molar-refractivity contribution is -0.137. The van der Waals surface area contributed by atoms with Gasteiger partial charge in [0.15, 0.2) is 0 Å². The second kappa shape index (κ2) is 8.45. The predicted molar refractivity (Wildman–Crippen MR) is 110 cm³/mol. The molecule has 1 N–H and O–H groups in total. The van der Waals surface area contributed by atoms with Gasteiger partial charge >= 0.3 is 6.18 Å². The van der Waals surface area contributed by atoms with Crippen molar-refractivity contribution in [1.29, 1.82) is 0 Å². The van der Waals surface area contributed by atoms with Crippen LogP contribution in [0.25, 0.3) is 10.9 Å². The second-order valence-corrected chi connectivity index (χ2v) is 8.00. The number of benzene rings is 2. The van der Waals surface area contributed by atoms with Crippen LogP contribution in [0, 0.1) is 13.8 Å². The zero-order valence-corrected chi connectivity index (χ0v) is 17.2. The molecule has 1 amide bonds. The van der Waals surface area contributed by atoms with Crippen molar-refractivity contribution in [3.8, 4) is 0 Å². The summed E-state index contributed by atoms with van der Waals surface area (Å²) in [5.41, 5.74) is 2.63. The van der Waals surface area contributed by atoms with Gasteiger partial charge in [0, 0.05) is 11.9 Å². The standard InChI is InChI=1S/C22H21F3N2OS/c1-4-29-21-19(20(28)26-12-15-7-5-13(2)6-8-15)14(3)17-10-9-16(22(23,24)25)11-18(17)27-21/h5-11H,4,12H2,1-3H3,(H,26,28). The van der Waals surface area contributed by atoms with E-state index in [0.717, 1.165) is 23.3 Å². The number of rotatable bonds is 5. The Balaban J connectivity index is 1.98. The number of nitrogens with zero attached hydrogens (tertiary/aromatic N) is 1. The van der Waals surface area contributed by atoms with Crippen molar-refractivity contribution < 1.29 is 18.0 Å². The maximum absolute atomic E-state index is 13.1. The van der Waals surface area contributed by atoms with Crippen molar-refractivity contribution >= 4 is 28.6 Å². The molecule has 2 aromatic carbocycles. The van der Waals surface area contributed by atoms with Crippen molar-refractivity contribution in [2.45, 2.75) is 38.5 Å². The smallest absolute Gasteiger partial charge is 0.348 e. The molecule has 7 heteroatoms. The zero-order chi connectivity index (χ0) is 21.2. The molecule has 0 saturated heterocycles. The van der Waals surface area contributed by atoms with Gasteiger partial charge in [0.2, 0.25) is 0 Å². The Morgan fingerprint density at radius 1 is 1.10 bits per heavy atom. The Kier molecular flexibility index (Phi) is 6.17. The topological polar surface area (TPSA) is 42.0 Å². The Labute approximate surface area is 171 Å². The van der Waals surface area contributed by atoms with Crippen molar-refractivity contribution in [2.24, 2.45) is 0 Å². The Morgan fingerprint density at radius 3 is 2.41 bits per heavy atom. The molecule has 0 atom stereocenters. The molecule has 0 bridgehead atoms. The Bertz CT molecular complexity index is 1050. The maximum Gasteiger partial charge on any atom is 0.416 e.